The maximum atomic E-state index is 2.75. The van der Waals surface area contributed by atoms with Crippen LogP contribution in [0, 0.1) is 27.7 Å². The lowest BCUT2D eigenvalue weighted by atomic mass is 9.34. The van der Waals surface area contributed by atoms with Crippen molar-refractivity contribution in [3.63, 3.8) is 0 Å². The first-order chi connectivity index (χ1) is 42.0. The molecule has 0 N–H and O–H groups in total. The molecule has 2 nitrogen and oxygen atoms in total. The van der Waals surface area contributed by atoms with E-state index < -0.39 is 0 Å². The first-order valence-electron chi connectivity index (χ1n) is 31.2. The molecule has 14 aromatic carbocycles. The number of hydrogen-bond acceptors (Lipinski definition) is 0. The summed E-state index contributed by atoms with van der Waals surface area (Å²) in [7, 11) is 0. The smallest absolute Gasteiger partial charge is 0.252 e. The summed E-state index contributed by atoms with van der Waals surface area (Å²) in [4.78, 5) is 0. The molecule has 0 atom stereocenters. The summed E-state index contributed by atoms with van der Waals surface area (Å²) in [5, 5.41) is 20.8. The van der Waals surface area contributed by atoms with Gasteiger partial charge >= 0.3 is 0 Å². The highest BCUT2D eigenvalue weighted by Gasteiger charge is 2.43. The average molecular weight is 1110 g/mol. The van der Waals surface area contributed by atoms with Gasteiger partial charge in [0, 0.05) is 49.2 Å². The number of aryl methyl sites for hydroxylation is 4. The van der Waals surface area contributed by atoms with E-state index in [9.17, 15) is 0 Å². The van der Waals surface area contributed by atoms with E-state index in [0.717, 1.165) is 0 Å². The molecule has 2 aliphatic heterocycles. The Balaban J connectivity index is 1.09. The Morgan fingerprint density at radius 1 is 0.276 bits per heavy atom. The molecule has 0 amide bonds. The van der Waals surface area contributed by atoms with Gasteiger partial charge in [0.05, 0.1) is 16.6 Å². The van der Waals surface area contributed by atoms with Crippen LogP contribution in [-0.4, -0.2) is 15.8 Å². The molecule has 0 spiro atoms. The van der Waals surface area contributed by atoms with Crippen molar-refractivity contribution in [1.82, 2.24) is 9.13 Å². The highest BCUT2D eigenvalue weighted by molar-refractivity contribution is 7.00. The van der Waals surface area contributed by atoms with Crippen molar-refractivity contribution in [3.05, 3.63) is 246 Å². The molecular weight excluding hydrogens is 1050 g/mol. The van der Waals surface area contributed by atoms with Crippen molar-refractivity contribution in [1.29, 1.82) is 0 Å². The molecule has 0 unspecified atom stereocenters. The van der Waals surface area contributed by atoms with Gasteiger partial charge in [0.2, 0.25) is 0 Å². The number of rotatable bonds is 3. The molecule has 0 bridgehead atoms. The van der Waals surface area contributed by atoms with E-state index >= 15 is 0 Å². The largest absolute Gasteiger partial charge is 0.310 e. The van der Waals surface area contributed by atoms with Crippen LogP contribution in [0.1, 0.15) is 74.9 Å². The second-order valence-electron chi connectivity index (χ2n) is 28.0. The van der Waals surface area contributed by atoms with Crippen molar-refractivity contribution >= 4 is 131 Å². The maximum Gasteiger partial charge on any atom is 0.252 e. The second kappa shape index (κ2) is 17.5. The van der Waals surface area contributed by atoms with Crippen LogP contribution in [0.25, 0.3) is 153 Å². The van der Waals surface area contributed by atoms with Crippen molar-refractivity contribution in [2.24, 2.45) is 0 Å². The lowest BCUT2D eigenvalue weighted by molar-refractivity contribution is 0.590. The van der Waals surface area contributed by atoms with Crippen LogP contribution in [0.4, 0.5) is 0 Å². The quantitative estimate of drug-likeness (QED) is 0.123. The predicted molar refractivity (Wildman–Crippen MR) is 377 cm³/mol. The fourth-order valence-electron chi connectivity index (χ4n) is 16.5. The molecule has 0 fully saturated rings. The van der Waals surface area contributed by atoms with Gasteiger partial charge in [-0.25, -0.2) is 0 Å². The lowest BCUT2D eigenvalue weighted by Crippen LogP contribution is -2.59. The molecule has 16 aromatic rings. The maximum absolute atomic E-state index is 2.75. The first-order valence-corrected chi connectivity index (χ1v) is 31.2. The van der Waals surface area contributed by atoms with Crippen LogP contribution in [-0.2, 0) is 10.8 Å². The molecule has 87 heavy (non-hydrogen) atoms. The molecule has 0 aliphatic carbocycles. The van der Waals surface area contributed by atoms with E-state index in [1.54, 1.807) is 0 Å². The molecule has 18 rings (SSSR count). The highest BCUT2D eigenvalue weighted by atomic mass is 15.0. The normalized spacial score (nSPS) is 13.1. The Morgan fingerprint density at radius 3 is 1.17 bits per heavy atom. The number of benzene rings is 14. The summed E-state index contributed by atoms with van der Waals surface area (Å²) in [5.74, 6) is 0. The van der Waals surface area contributed by atoms with E-state index in [-0.39, 0.29) is 17.5 Å². The molecule has 2 aromatic heterocycles. The lowest BCUT2D eigenvalue weighted by Gasteiger charge is -2.35. The van der Waals surface area contributed by atoms with Crippen LogP contribution in [0.2, 0.25) is 0 Å². The Bertz CT molecular complexity index is 5680. The minimum Gasteiger partial charge on any atom is -0.310 e. The van der Waals surface area contributed by atoms with Crippen LogP contribution in [0.3, 0.4) is 0 Å². The fourth-order valence-corrected chi connectivity index (χ4v) is 16.5. The highest BCUT2D eigenvalue weighted by Crippen LogP contribution is 2.51. The minimum absolute atomic E-state index is 0.0403. The zero-order chi connectivity index (χ0) is 58.8. The predicted octanol–water partition coefficient (Wildman–Crippen LogP) is 20.8. The summed E-state index contributed by atoms with van der Waals surface area (Å²) >= 11 is 0. The molecule has 0 saturated carbocycles. The molecule has 2 aliphatic rings. The van der Waals surface area contributed by atoms with Gasteiger partial charge in [-0.1, -0.05) is 222 Å². The zero-order valence-electron chi connectivity index (χ0n) is 51.2. The monoisotopic (exact) mass is 1110 g/mol. The topological polar surface area (TPSA) is 9.86 Å². The van der Waals surface area contributed by atoms with E-state index in [0.29, 0.717) is 0 Å². The van der Waals surface area contributed by atoms with Gasteiger partial charge in [-0.15, -0.1) is 0 Å². The summed E-state index contributed by atoms with van der Waals surface area (Å²) in [6.07, 6.45) is 0. The third-order valence-electron chi connectivity index (χ3n) is 20.2. The van der Waals surface area contributed by atoms with E-state index in [1.165, 1.54) is 203 Å². The first kappa shape index (κ1) is 50.6. The van der Waals surface area contributed by atoms with Crippen LogP contribution < -0.4 is 16.4 Å². The van der Waals surface area contributed by atoms with Gasteiger partial charge in [0.15, 0.2) is 0 Å². The summed E-state index contributed by atoms with van der Waals surface area (Å²) < 4.78 is 5.45. The summed E-state index contributed by atoms with van der Waals surface area (Å²) in [6, 6.07) is 83.6. The minimum atomic E-state index is -0.123. The van der Waals surface area contributed by atoms with Crippen LogP contribution in [0.15, 0.2) is 212 Å². The molecule has 0 saturated heterocycles. The number of fused-ring (bicyclic) bond motifs is 24. The van der Waals surface area contributed by atoms with Crippen molar-refractivity contribution in [3.8, 4) is 44.8 Å². The van der Waals surface area contributed by atoms with Gasteiger partial charge in [0.25, 0.3) is 6.71 Å². The van der Waals surface area contributed by atoms with Gasteiger partial charge in [0.1, 0.15) is 0 Å². The number of nitrogens with zero attached hydrogens (tertiary/aromatic N) is 2. The third kappa shape index (κ3) is 7.06. The van der Waals surface area contributed by atoms with Crippen LogP contribution >= 0.6 is 0 Å². The van der Waals surface area contributed by atoms with E-state index in [2.05, 4.69) is 291 Å². The SMILES string of the molecule is Cc1cc(C)cc(-c2cc(-c3cc(C)cc(C)c3)cc(-c3cc4c5c(c3)-n3c6ccc7c8ccccc8c8ccccc8c7c6c6c7c8ccccc8c8ccccc8c7cc(c63)B5c3cc(C(C)(C)C)cc5c6cc(C(C)(C)C)ccc6n-4c35)c2)c1. The third-order valence-corrected chi connectivity index (χ3v) is 20.2. The Kier molecular flexibility index (Phi) is 10.2. The molecule has 4 heterocycles. The Hall–Kier alpha value is -9.70. The fraction of sp³-hybridized carbons (Fsp3) is 0.143. The van der Waals surface area contributed by atoms with Gasteiger partial charge < -0.3 is 9.13 Å². The standard InChI is InChI=1S/C84H65BN2/c1-46-31-47(2)34-50(33-46)52-37-53(51-35-48(3)32-49(4)36-51)39-54(38-52)55-40-74-80-75(41-55)87-73-30-28-66-62-23-13-11-19-58(62)60-21-15-17-25-64(60)76(66)78(73)79-77-65-26-18-16-22-61(65)59-20-12-14-24-63(59)68(77)45-71(82(79)87)85(80)70-44-57(84(8,9)10)43-69-67-42-56(83(5,6)7)27-29-72(67)86(74)81(69)70/h11-45H,1-10H3. The average Bonchev–Trinajstić information content (AvgIpc) is 1.56. The van der Waals surface area contributed by atoms with E-state index in [1.807, 2.05) is 0 Å². The van der Waals surface area contributed by atoms with Gasteiger partial charge in [-0.2, -0.15) is 0 Å². The summed E-state index contributed by atoms with van der Waals surface area (Å²) in [5.41, 5.74) is 26.6. The number of hydrogen-bond donors (Lipinski definition) is 0. The Morgan fingerprint density at radius 2 is 0.667 bits per heavy atom. The molecule has 0 radical (unpaired) electrons. The zero-order valence-corrected chi connectivity index (χ0v) is 51.2. The van der Waals surface area contributed by atoms with Crippen molar-refractivity contribution in [2.45, 2.75) is 80.1 Å². The van der Waals surface area contributed by atoms with Gasteiger partial charge in [-0.3, -0.25) is 0 Å². The number of aromatic nitrogens is 2. The van der Waals surface area contributed by atoms with Crippen LogP contribution in [0.5, 0.6) is 0 Å². The van der Waals surface area contributed by atoms with Crippen molar-refractivity contribution < 1.29 is 0 Å². The summed E-state index contributed by atoms with van der Waals surface area (Å²) in [6.45, 7) is 23.1. The Labute approximate surface area is 508 Å². The second-order valence-corrected chi connectivity index (χ2v) is 28.0. The van der Waals surface area contributed by atoms with Gasteiger partial charge in [-0.05, 0) is 208 Å². The molecular formula is C84H65BN2. The van der Waals surface area contributed by atoms with E-state index in [4.69, 9.17) is 0 Å². The van der Waals surface area contributed by atoms with Crippen molar-refractivity contribution in [2.75, 3.05) is 0 Å². The molecule has 414 valence electrons. The molecule has 3 heteroatoms.